The maximum absolute atomic E-state index is 6.09. The first-order chi connectivity index (χ1) is 10.0. The third-order valence-electron chi connectivity index (χ3n) is 3.53. The Balaban J connectivity index is 2.31. The van der Waals surface area contributed by atoms with E-state index >= 15 is 0 Å². The van der Waals surface area contributed by atoms with Crippen molar-refractivity contribution in [2.75, 3.05) is 14.2 Å². The molecule has 2 rings (SSSR count). The lowest BCUT2D eigenvalue weighted by Crippen LogP contribution is -2.19. The van der Waals surface area contributed by atoms with Crippen LogP contribution in [0.15, 0.2) is 36.4 Å². The van der Waals surface area contributed by atoms with Crippen molar-refractivity contribution in [2.24, 2.45) is 0 Å². The molecule has 0 aliphatic carbocycles. The van der Waals surface area contributed by atoms with E-state index in [-0.39, 0.29) is 6.04 Å². The van der Waals surface area contributed by atoms with Gasteiger partial charge in [-0.15, -0.1) is 0 Å². The molecule has 0 aliphatic heterocycles. The second kappa shape index (κ2) is 7.17. The Kier molecular flexibility index (Phi) is 5.51. The molecule has 0 saturated heterocycles. The Bertz CT molecular complexity index is 628. The first-order valence-corrected chi connectivity index (χ1v) is 7.56. The number of hydrogen-bond donors (Lipinski definition) is 1. The summed E-state index contributed by atoms with van der Waals surface area (Å²) in [4.78, 5) is 0. The van der Waals surface area contributed by atoms with Crippen molar-refractivity contribution in [3.8, 4) is 5.75 Å². The summed E-state index contributed by atoms with van der Waals surface area (Å²) < 4.78 is 5.48. The fraction of sp³-hybridized carbons (Fsp3) is 0.294. The van der Waals surface area contributed by atoms with Gasteiger partial charge < -0.3 is 10.1 Å². The number of methoxy groups -OCH3 is 1. The summed E-state index contributed by atoms with van der Waals surface area (Å²) >= 11 is 12.1. The summed E-state index contributed by atoms with van der Waals surface area (Å²) in [6.45, 7) is 2.08. The number of halogens is 2. The molecule has 2 aromatic carbocycles. The lowest BCUT2D eigenvalue weighted by Gasteiger charge is -2.20. The van der Waals surface area contributed by atoms with Crippen LogP contribution in [-0.4, -0.2) is 14.2 Å². The van der Waals surface area contributed by atoms with Crippen molar-refractivity contribution < 1.29 is 4.74 Å². The van der Waals surface area contributed by atoms with Gasteiger partial charge in [0.05, 0.1) is 17.2 Å². The van der Waals surface area contributed by atoms with Crippen molar-refractivity contribution in [3.05, 3.63) is 63.1 Å². The minimum atomic E-state index is 0.150. The van der Waals surface area contributed by atoms with Crippen LogP contribution in [0, 0.1) is 6.92 Å². The van der Waals surface area contributed by atoms with E-state index in [9.17, 15) is 0 Å². The third-order valence-corrected chi connectivity index (χ3v) is 4.27. The first kappa shape index (κ1) is 16.2. The Morgan fingerprint density at radius 2 is 1.86 bits per heavy atom. The van der Waals surface area contributed by atoms with Gasteiger partial charge in [-0.05, 0) is 44.2 Å². The second-order valence-electron chi connectivity index (χ2n) is 5.04. The molecular weight excluding hydrogens is 305 g/mol. The number of nitrogens with one attached hydrogen (secondary N) is 1. The quantitative estimate of drug-likeness (QED) is 0.852. The summed E-state index contributed by atoms with van der Waals surface area (Å²) in [5.74, 6) is 0.889. The maximum Gasteiger partial charge on any atom is 0.123 e. The molecule has 0 saturated carbocycles. The van der Waals surface area contributed by atoms with Crippen molar-refractivity contribution in [2.45, 2.75) is 19.4 Å². The lowest BCUT2D eigenvalue weighted by atomic mass is 9.97. The molecule has 1 N–H and O–H groups in total. The standard InChI is InChI=1S/C17H19Cl2NO/c1-11-4-7-17(21-3)13(8-11)16(20-2)10-12-5-6-14(18)15(19)9-12/h4-9,16,20H,10H2,1-3H3. The first-order valence-electron chi connectivity index (χ1n) is 6.81. The highest BCUT2D eigenvalue weighted by atomic mass is 35.5. The van der Waals surface area contributed by atoms with E-state index in [1.165, 1.54) is 5.56 Å². The molecule has 112 valence electrons. The average Bonchev–Trinajstić information content (AvgIpc) is 2.48. The van der Waals surface area contributed by atoms with Gasteiger partial charge in [0.1, 0.15) is 5.75 Å². The van der Waals surface area contributed by atoms with Crippen LogP contribution in [0.5, 0.6) is 5.75 Å². The molecule has 0 radical (unpaired) electrons. The van der Waals surface area contributed by atoms with Crippen LogP contribution in [-0.2, 0) is 6.42 Å². The topological polar surface area (TPSA) is 21.3 Å². The molecule has 2 aromatic rings. The van der Waals surface area contributed by atoms with Crippen LogP contribution >= 0.6 is 23.2 Å². The van der Waals surface area contributed by atoms with Gasteiger partial charge in [0.25, 0.3) is 0 Å². The summed E-state index contributed by atoms with van der Waals surface area (Å²) in [5, 5.41) is 4.51. The van der Waals surface area contributed by atoms with E-state index < -0.39 is 0 Å². The number of rotatable bonds is 5. The molecule has 0 amide bonds. The van der Waals surface area contributed by atoms with Crippen molar-refractivity contribution in [1.82, 2.24) is 5.32 Å². The predicted octanol–water partition coefficient (Wildman–Crippen LogP) is 4.81. The highest BCUT2D eigenvalue weighted by molar-refractivity contribution is 6.42. The fourth-order valence-electron chi connectivity index (χ4n) is 2.40. The minimum Gasteiger partial charge on any atom is -0.496 e. The van der Waals surface area contributed by atoms with E-state index in [0.717, 1.165) is 23.3 Å². The van der Waals surface area contributed by atoms with Crippen LogP contribution in [0.2, 0.25) is 10.0 Å². The lowest BCUT2D eigenvalue weighted by molar-refractivity contribution is 0.401. The van der Waals surface area contributed by atoms with Gasteiger partial charge in [0.2, 0.25) is 0 Å². The van der Waals surface area contributed by atoms with E-state index in [0.29, 0.717) is 10.0 Å². The zero-order valence-corrected chi connectivity index (χ0v) is 13.9. The molecule has 4 heteroatoms. The van der Waals surface area contributed by atoms with Gasteiger partial charge in [-0.1, -0.05) is 47.0 Å². The van der Waals surface area contributed by atoms with E-state index in [2.05, 4.69) is 18.3 Å². The Morgan fingerprint density at radius 1 is 1.10 bits per heavy atom. The Hall–Kier alpha value is -1.22. The van der Waals surface area contributed by atoms with Gasteiger partial charge >= 0.3 is 0 Å². The molecule has 0 aromatic heterocycles. The summed E-state index contributed by atoms with van der Waals surface area (Å²) in [6, 6.07) is 12.1. The summed E-state index contributed by atoms with van der Waals surface area (Å²) in [5.41, 5.74) is 3.48. The molecule has 2 nitrogen and oxygen atoms in total. The smallest absolute Gasteiger partial charge is 0.123 e. The number of aryl methyl sites for hydroxylation is 1. The highest BCUT2D eigenvalue weighted by Gasteiger charge is 2.16. The van der Waals surface area contributed by atoms with Gasteiger partial charge in [0, 0.05) is 11.6 Å². The van der Waals surface area contributed by atoms with Crippen LogP contribution < -0.4 is 10.1 Å². The van der Waals surface area contributed by atoms with E-state index in [1.54, 1.807) is 7.11 Å². The number of hydrogen-bond acceptors (Lipinski definition) is 2. The van der Waals surface area contributed by atoms with Gasteiger partial charge in [-0.3, -0.25) is 0 Å². The van der Waals surface area contributed by atoms with Crippen LogP contribution in [0.3, 0.4) is 0 Å². The molecule has 1 atom stereocenters. The largest absolute Gasteiger partial charge is 0.496 e. The van der Waals surface area contributed by atoms with Crippen molar-refractivity contribution in [3.63, 3.8) is 0 Å². The number of likely N-dealkylation sites (N-methyl/N-ethyl adjacent to an activating group) is 1. The molecular formula is C17H19Cl2NO. The molecule has 0 heterocycles. The number of benzene rings is 2. The summed E-state index contributed by atoms with van der Waals surface area (Å²) in [7, 11) is 3.64. The second-order valence-corrected chi connectivity index (χ2v) is 5.85. The average molecular weight is 324 g/mol. The molecule has 0 spiro atoms. The van der Waals surface area contributed by atoms with Gasteiger partial charge in [-0.2, -0.15) is 0 Å². The fourth-order valence-corrected chi connectivity index (χ4v) is 2.72. The minimum absolute atomic E-state index is 0.150. The van der Waals surface area contributed by atoms with Gasteiger partial charge in [-0.25, -0.2) is 0 Å². The Labute approximate surface area is 136 Å². The van der Waals surface area contributed by atoms with Crippen LogP contribution in [0.1, 0.15) is 22.7 Å². The highest BCUT2D eigenvalue weighted by Crippen LogP contribution is 2.30. The maximum atomic E-state index is 6.09. The predicted molar refractivity (Wildman–Crippen MR) is 89.7 cm³/mol. The molecule has 21 heavy (non-hydrogen) atoms. The SMILES string of the molecule is CNC(Cc1ccc(Cl)c(Cl)c1)c1cc(C)ccc1OC. The van der Waals surface area contributed by atoms with E-state index in [4.69, 9.17) is 27.9 Å². The van der Waals surface area contributed by atoms with Crippen LogP contribution in [0.25, 0.3) is 0 Å². The zero-order chi connectivity index (χ0) is 15.4. The molecule has 1 unspecified atom stereocenters. The third kappa shape index (κ3) is 3.91. The number of ether oxygens (including phenoxy) is 1. The summed E-state index contributed by atoms with van der Waals surface area (Å²) in [6.07, 6.45) is 0.813. The van der Waals surface area contributed by atoms with Crippen molar-refractivity contribution >= 4 is 23.2 Å². The monoisotopic (exact) mass is 323 g/mol. The molecule has 0 aliphatic rings. The zero-order valence-electron chi connectivity index (χ0n) is 12.4. The van der Waals surface area contributed by atoms with Crippen LogP contribution in [0.4, 0.5) is 0 Å². The Morgan fingerprint density at radius 3 is 2.48 bits per heavy atom. The van der Waals surface area contributed by atoms with Crippen molar-refractivity contribution in [1.29, 1.82) is 0 Å². The normalized spacial score (nSPS) is 12.2. The molecule has 0 fully saturated rings. The van der Waals surface area contributed by atoms with Gasteiger partial charge in [0.15, 0.2) is 0 Å². The van der Waals surface area contributed by atoms with E-state index in [1.807, 2.05) is 37.4 Å². The molecule has 0 bridgehead atoms.